The molecule has 1 N–H and O–H groups in total. The van der Waals surface area contributed by atoms with E-state index in [0.29, 0.717) is 6.04 Å². The van der Waals surface area contributed by atoms with Crippen LogP contribution in [-0.2, 0) is 10.5 Å². The third-order valence-electron chi connectivity index (χ3n) is 3.75. The summed E-state index contributed by atoms with van der Waals surface area (Å²) in [5.74, 6) is 0. The molecule has 2 heterocycles. The SMILES string of the molecule is CCCCOC1(c2cccs2)C(C)NCCN1C. The maximum absolute atomic E-state index is 6.35. The molecule has 2 unspecified atom stereocenters. The van der Waals surface area contributed by atoms with Crippen molar-refractivity contribution in [2.75, 3.05) is 26.7 Å². The van der Waals surface area contributed by atoms with E-state index in [0.717, 1.165) is 26.1 Å². The van der Waals surface area contributed by atoms with Crippen LogP contribution in [0.25, 0.3) is 0 Å². The van der Waals surface area contributed by atoms with Crippen molar-refractivity contribution >= 4 is 11.3 Å². The van der Waals surface area contributed by atoms with Crippen molar-refractivity contribution in [3.63, 3.8) is 0 Å². The quantitative estimate of drug-likeness (QED) is 0.831. The molecule has 1 aromatic heterocycles. The van der Waals surface area contributed by atoms with E-state index in [1.807, 2.05) is 0 Å². The smallest absolute Gasteiger partial charge is 0.171 e. The molecule has 1 aliphatic rings. The summed E-state index contributed by atoms with van der Waals surface area (Å²) < 4.78 is 6.35. The molecule has 1 aliphatic heterocycles. The molecule has 0 saturated carbocycles. The van der Waals surface area contributed by atoms with E-state index in [4.69, 9.17) is 4.74 Å². The van der Waals surface area contributed by atoms with E-state index in [9.17, 15) is 0 Å². The highest BCUT2D eigenvalue weighted by atomic mass is 32.1. The summed E-state index contributed by atoms with van der Waals surface area (Å²) in [6, 6.07) is 4.61. The van der Waals surface area contributed by atoms with Gasteiger partial charge in [-0.25, -0.2) is 0 Å². The van der Waals surface area contributed by atoms with E-state index < -0.39 is 0 Å². The lowest BCUT2D eigenvalue weighted by molar-refractivity contribution is -0.184. The van der Waals surface area contributed by atoms with Gasteiger partial charge in [-0.3, -0.25) is 4.90 Å². The largest absolute Gasteiger partial charge is 0.354 e. The van der Waals surface area contributed by atoms with Crippen LogP contribution in [0, 0.1) is 0 Å². The van der Waals surface area contributed by atoms with Crippen LogP contribution in [0.5, 0.6) is 0 Å². The summed E-state index contributed by atoms with van der Waals surface area (Å²) in [7, 11) is 2.17. The van der Waals surface area contributed by atoms with Crippen molar-refractivity contribution in [1.29, 1.82) is 0 Å². The van der Waals surface area contributed by atoms with Gasteiger partial charge < -0.3 is 10.1 Å². The third kappa shape index (κ3) is 2.48. The maximum atomic E-state index is 6.35. The fourth-order valence-electron chi connectivity index (χ4n) is 2.65. The lowest BCUT2D eigenvalue weighted by atomic mass is 9.98. The molecule has 4 heteroatoms. The van der Waals surface area contributed by atoms with Gasteiger partial charge in [0.15, 0.2) is 5.72 Å². The van der Waals surface area contributed by atoms with Crippen LogP contribution < -0.4 is 5.32 Å². The number of unbranched alkanes of at least 4 members (excludes halogenated alkanes) is 1. The second kappa shape index (κ2) is 6.15. The molecule has 3 nitrogen and oxygen atoms in total. The number of ether oxygens (including phenoxy) is 1. The van der Waals surface area contributed by atoms with Crippen molar-refractivity contribution in [3.05, 3.63) is 22.4 Å². The number of piperazine rings is 1. The van der Waals surface area contributed by atoms with Gasteiger partial charge in [0.25, 0.3) is 0 Å². The molecule has 2 rings (SSSR count). The molecule has 0 spiro atoms. The predicted octanol–water partition coefficient (Wildman–Crippen LogP) is 2.64. The van der Waals surface area contributed by atoms with Crippen LogP contribution in [0.15, 0.2) is 17.5 Å². The average molecular weight is 268 g/mol. The van der Waals surface area contributed by atoms with Crippen LogP contribution in [0.1, 0.15) is 31.6 Å². The first-order valence-electron chi connectivity index (χ1n) is 6.84. The van der Waals surface area contributed by atoms with Crippen LogP contribution in [0.3, 0.4) is 0 Å². The van der Waals surface area contributed by atoms with Crippen LogP contribution in [0.4, 0.5) is 0 Å². The molecule has 1 aromatic rings. The van der Waals surface area contributed by atoms with Crippen molar-refractivity contribution in [2.45, 2.75) is 38.5 Å². The molecule has 102 valence electrons. The van der Waals surface area contributed by atoms with Crippen molar-refractivity contribution < 1.29 is 4.74 Å². The Bertz CT molecular complexity index is 343. The van der Waals surface area contributed by atoms with E-state index in [2.05, 4.69) is 48.6 Å². The first kappa shape index (κ1) is 14.0. The second-order valence-corrected chi connectivity index (χ2v) is 5.92. The van der Waals surface area contributed by atoms with Gasteiger partial charge in [-0.2, -0.15) is 0 Å². The zero-order valence-electron chi connectivity index (χ0n) is 11.6. The average Bonchev–Trinajstić information content (AvgIpc) is 2.87. The van der Waals surface area contributed by atoms with Gasteiger partial charge in [0, 0.05) is 19.7 Å². The van der Waals surface area contributed by atoms with Gasteiger partial charge in [0.05, 0.1) is 10.9 Å². The molecular formula is C14H24N2OS. The highest BCUT2D eigenvalue weighted by molar-refractivity contribution is 7.10. The number of nitrogens with one attached hydrogen (secondary N) is 1. The maximum Gasteiger partial charge on any atom is 0.171 e. The van der Waals surface area contributed by atoms with E-state index in [1.165, 1.54) is 11.3 Å². The summed E-state index contributed by atoms with van der Waals surface area (Å²) in [6.45, 7) is 7.30. The lowest BCUT2D eigenvalue weighted by Gasteiger charge is -2.49. The third-order valence-corrected chi connectivity index (χ3v) is 4.72. The first-order chi connectivity index (χ1) is 8.71. The van der Waals surface area contributed by atoms with Crippen LogP contribution in [0.2, 0.25) is 0 Å². The summed E-state index contributed by atoms with van der Waals surface area (Å²) in [6.07, 6.45) is 2.29. The zero-order valence-corrected chi connectivity index (χ0v) is 12.4. The minimum Gasteiger partial charge on any atom is -0.354 e. The molecule has 18 heavy (non-hydrogen) atoms. The Balaban J connectivity index is 2.25. The Kier molecular flexibility index (Phi) is 4.78. The molecule has 0 radical (unpaired) electrons. The first-order valence-corrected chi connectivity index (χ1v) is 7.72. The minimum absolute atomic E-state index is 0.290. The number of hydrogen-bond acceptors (Lipinski definition) is 4. The fourth-order valence-corrected chi connectivity index (χ4v) is 3.67. The second-order valence-electron chi connectivity index (χ2n) is 4.97. The van der Waals surface area contributed by atoms with Gasteiger partial charge in [0.2, 0.25) is 0 Å². The van der Waals surface area contributed by atoms with E-state index in [-0.39, 0.29) is 5.72 Å². The Labute approximate surface area is 114 Å². The van der Waals surface area contributed by atoms with Gasteiger partial charge >= 0.3 is 0 Å². The summed E-state index contributed by atoms with van der Waals surface area (Å²) >= 11 is 1.79. The summed E-state index contributed by atoms with van der Waals surface area (Å²) in [5, 5.41) is 5.69. The summed E-state index contributed by atoms with van der Waals surface area (Å²) in [5.41, 5.74) is -0.290. The molecule has 0 aromatic carbocycles. The van der Waals surface area contributed by atoms with Crippen molar-refractivity contribution in [2.24, 2.45) is 0 Å². The fraction of sp³-hybridized carbons (Fsp3) is 0.714. The van der Waals surface area contributed by atoms with E-state index >= 15 is 0 Å². The molecule has 0 aliphatic carbocycles. The van der Waals surface area contributed by atoms with Gasteiger partial charge in [0.1, 0.15) is 0 Å². The molecule has 2 atom stereocenters. The number of hydrogen-bond donors (Lipinski definition) is 1. The number of rotatable bonds is 5. The Morgan fingerprint density at radius 2 is 2.44 bits per heavy atom. The highest BCUT2D eigenvalue weighted by Gasteiger charge is 2.45. The Hall–Kier alpha value is -0.420. The number of thiophene rings is 1. The van der Waals surface area contributed by atoms with Crippen LogP contribution >= 0.6 is 11.3 Å². The lowest BCUT2D eigenvalue weighted by Crippen LogP contribution is -2.63. The minimum atomic E-state index is -0.290. The monoisotopic (exact) mass is 268 g/mol. The Morgan fingerprint density at radius 3 is 3.06 bits per heavy atom. The molecule has 0 bridgehead atoms. The normalized spacial score (nSPS) is 29.6. The standard InChI is InChI=1S/C14H24N2OS/c1-4-5-10-17-14(13-7-6-11-18-13)12(2)15-8-9-16(14)3/h6-7,11-12,15H,4-5,8-10H2,1-3H3. The van der Waals surface area contributed by atoms with Crippen molar-refractivity contribution in [3.8, 4) is 0 Å². The predicted molar refractivity (Wildman–Crippen MR) is 77.0 cm³/mol. The molecule has 1 saturated heterocycles. The highest BCUT2D eigenvalue weighted by Crippen LogP contribution is 2.37. The molecular weight excluding hydrogens is 244 g/mol. The Morgan fingerprint density at radius 1 is 1.61 bits per heavy atom. The van der Waals surface area contributed by atoms with Crippen LogP contribution in [-0.4, -0.2) is 37.7 Å². The van der Waals surface area contributed by atoms with Crippen molar-refractivity contribution in [1.82, 2.24) is 10.2 Å². The number of nitrogens with zero attached hydrogens (tertiary/aromatic N) is 1. The van der Waals surface area contributed by atoms with Gasteiger partial charge in [-0.15, -0.1) is 11.3 Å². The van der Waals surface area contributed by atoms with Gasteiger partial charge in [-0.05, 0) is 31.8 Å². The number of likely N-dealkylation sites (N-methyl/N-ethyl adjacent to an activating group) is 1. The molecule has 0 amide bonds. The zero-order chi connectivity index (χ0) is 13.0. The van der Waals surface area contributed by atoms with Gasteiger partial charge in [-0.1, -0.05) is 19.4 Å². The van der Waals surface area contributed by atoms with E-state index in [1.54, 1.807) is 11.3 Å². The summed E-state index contributed by atoms with van der Waals surface area (Å²) in [4.78, 5) is 3.66. The molecule has 1 fully saturated rings. The topological polar surface area (TPSA) is 24.5 Å².